The molecule has 0 aliphatic carbocycles. The molecule has 4 rings (SSSR count). The number of halogens is 5. The largest absolute Gasteiger partial charge is 0.486 e. The molecule has 0 unspecified atom stereocenters. The topological polar surface area (TPSA) is 75.7 Å². The first kappa shape index (κ1) is 28.0. The van der Waals surface area contributed by atoms with E-state index in [0.717, 1.165) is 22.2 Å². The fraction of sp³-hybridized carbons (Fsp3) is 0.0800. The Kier molecular flexibility index (Phi) is 9.26. The van der Waals surface area contributed by atoms with E-state index in [1.807, 2.05) is 0 Å². The van der Waals surface area contributed by atoms with Crippen LogP contribution in [0.25, 0.3) is 6.08 Å². The van der Waals surface area contributed by atoms with Crippen LogP contribution in [0.4, 0.5) is 10.5 Å². The average molecular weight is 706 g/mol. The molecule has 1 aliphatic heterocycles. The van der Waals surface area contributed by atoms with Crippen molar-refractivity contribution in [2.45, 2.75) is 6.61 Å². The van der Waals surface area contributed by atoms with Gasteiger partial charge in [-0.15, -0.1) is 0 Å². The Morgan fingerprint density at radius 2 is 1.70 bits per heavy atom. The van der Waals surface area contributed by atoms with E-state index in [4.69, 9.17) is 39.5 Å². The lowest BCUT2D eigenvalue weighted by atomic mass is 10.2. The van der Waals surface area contributed by atoms with Gasteiger partial charge in [-0.05, 0) is 91.7 Å². The third-order valence-electron chi connectivity index (χ3n) is 5.03. The summed E-state index contributed by atoms with van der Waals surface area (Å²) in [7, 11) is 0. The second kappa shape index (κ2) is 12.2. The van der Waals surface area contributed by atoms with Crippen molar-refractivity contribution in [3.63, 3.8) is 0 Å². The average Bonchev–Trinajstić information content (AvgIpc) is 3.08. The van der Waals surface area contributed by atoms with E-state index >= 15 is 0 Å². The molecule has 0 atom stereocenters. The van der Waals surface area contributed by atoms with Crippen LogP contribution in [0.5, 0.6) is 5.75 Å². The number of nitrogens with zero attached hydrogens (tertiary/aromatic N) is 1. The van der Waals surface area contributed by atoms with Gasteiger partial charge in [0.25, 0.3) is 11.1 Å². The summed E-state index contributed by atoms with van der Waals surface area (Å²) >= 11 is 26.0. The number of thioether (sulfide) groups is 1. The van der Waals surface area contributed by atoms with Crippen LogP contribution in [-0.2, 0) is 16.2 Å². The van der Waals surface area contributed by atoms with E-state index in [2.05, 4.69) is 37.2 Å². The van der Waals surface area contributed by atoms with Crippen LogP contribution in [0, 0.1) is 0 Å². The lowest BCUT2D eigenvalue weighted by Crippen LogP contribution is -2.36. The number of hydrogen-bond donors (Lipinski definition) is 1. The molecular weight excluding hydrogens is 691 g/mol. The molecule has 6 nitrogen and oxygen atoms in total. The Balaban J connectivity index is 1.45. The van der Waals surface area contributed by atoms with Crippen LogP contribution >= 0.6 is 78.4 Å². The maximum atomic E-state index is 12.9. The number of para-hydroxylation sites is 1. The number of rotatable bonds is 7. The summed E-state index contributed by atoms with van der Waals surface area (Å²) in [5.74, 6) is -0.564. The first-order chi connectivity index (χ1) is 17.6. The monoisotopic (exact) mass is 702 g/mol. The molecule has 0 radical (unpaired) electrons. The van der Waals surface area contributed by atoms with Gasteiger partial charge in [0.05, 0.1) is 24.6 Å². The minimum absolute atomic E-state index is 0.191. The quantitative estimate of drug-likeness (QED) is 0.250. The first-order valence-electron chi connectivity index (χ1n) is 10.5. The highest BCUT2D eigenvalue weighted by Crippen LogP contribution is 2.38. The number of carbonyl (C=O) groups is 3. The second-order valence-electron chi connectivity index (χ2n) is 7.63. The van der Waals surface area contributed by atoms with E-state index < -0.39 is 23.6 Å². The van der Waals surface area contributed by atoms with Gasteiger partial charge in [0.2, 0.25) is 5.91 Å². The van der Waals surface area contributed by atoms with E-state index in [1.54, 1.807) is 60.7 Å². The maximum Gasteiger partial charge on any atom is 0.294 e. The summed E-state index contributed by atoms with van der Waals surface area (Å²) < 4.78 is 7.17. The summed E-state index contributed by atoms with van der Waals surface area (Å²) in [6, 6.07) is 15.3. The molecule has 3 aromatic carbocycles. The highest BCUT2D eigenvalue weighted by atomic mass is 79.9. The summed E-state index contributed by atoms with van der Waals surface area (Å²) in [5.41, 5.74) is 1.80. The van der Waals surface area contributed by atoms with Crippen molar-refractivity contribution in [1.29, 1.82) is 0 Å². The molecule has 0 spiro atoms. The van der Waals surface area contributed by atoms with Crippen LogP contribution < -0.4 is 10.1 Å². The smallest absolute Gasteiger partial charge is 0.294 e. The Morgan fingerprint density at radius 1 is 1.00 bits per heavy atom. The van der Waals surface area contributed by atoms with Gasteiger partial charge in [-0.2, -0.15) is 0 Å². The van der Waals surface area contributed by atoms with E-state index in [1.165, 1.54) is 0 Å². The molecule has 1 saturated heterocycles. The molecule has 1 heterocycles. The Bertz CT molecular complexity index is 1430. The third-order valence-corrected chi connectivity index (χ3v) is 8.03. The lowest BCUT2D eigenvalue weighted by Gasteiger charge is -2.13. The molecule has 3 amide bonds. The van der Waals surface area contributed by atoms with Crippen molar-refractivity contribution < 1.29 is 19.1 Å². The van der Waals surface area contributed by atoms with Gasteiger partial charge < -0.3 is 10.1 Å². The van der Waals surface area contributed by atoms with Gasteiger partial charge in [-0.3, -0.25) is 19.3 Å². The van der Waals surface area contributed by atoms with E-state index in [0.29, 0.717) is 41.0 Å². The summed E-state index contributed by atoms with van der Waals surface area (Å²) in [6.45, 7) is -0.220. The van der Waals surface area contributed by atoms with Crippen LogP contribution in [0.15, 0.2) is 68.4 Å². The van der Waals surface area contributed by atoms with Crippen LogP contribution in [0.1, 0.15) is 11.1 Å². The van der Waals surface area contributed by atoms with Crippen molar-refractivity contribution in [3.8, 4) is 5.75 Å². The lowest BCUT2D eigenvalue weighted by molar-refractivity contribution is -0.127. The third kappa shape index (κ3) is 6.90. The predicted molar refractivity (Wildman–Crippen MR) is 155 cm³/mol. The minimum atomic E-state index is -0.561. The summed E-state index contributed by atoms with van der Waals surface area (Å²) in [4.78, 5) is 38.8. The van der Waals surface area contributed by atoms with Gasteiger partial charge in [-0.25, -0.2) is 0 Å². The van der Waals surface area contributed by atoms with Crippen molar-refractivity contribution >= 4 is 107 Å². The van der Waals surface area contributed by atoms with Gasteiger partial charge in [0.1, 0.15) is 18.9 Å². The molecule has 1 aliphatic rings. The molecule has 1 N–H and O–H groups in total. The number of ether oxygens (including phenoxy) is 1. The number of nitrogens with one attached hydrogen (secondary N) is 1. The molecular formula is C25H15Br2Cl3N2O4S. The highest BCUT2D eigenvalue weighted by molar-refractivity contribution is 9.11. The maximum absolute atomic E-state index is 12.9. The van der Waals surface area contributed by atoms with Crippen LogP contribution in [-0.4, -0.2) is 28.5 Å². The van der Waals surface area contributed by atoms with Crippen molar-refractivity contribution in [3.05, 3.63) is 94.6 Å². The molecule has 37 heavy (non-hydrogen) atoms. The number of imide groups is 1. The zero-order chi connectivity index (χ0) is 26.7. The Labute approximate surface area is 248 Å². The number of carbonyl (C=O) groups excluding carboxylic acids is 3. The summed E-state index contributed by atoms with van der Waals surface area (Å²) in [6.07, 6.45) is 1.58. The van der Waals surface area contributed by atoms with Crippen molar-refractivity contribution in [2.75, 3.05) is 11.9 Å². The Morgan fingerprint density at radius 3 is 2.38 bits per heavy atom. The van der Waals surface area contributed by atoms with Crippen LogP contribution in [0.3, 0.4) is 0 Å². The second-order valence-corrected chi connectivity index (χ2v) is 11.6. The van der Waals surface area contributed by atoms with E-state index in [9.17, 15) is 14.4 Å². The fourth-order valence-corrected chi connectivity index (χ4v) is 6.21. The van der Waals surface area contributed by atoms with E-state index in [-0.39, 0.29) is 11.5 Å². The standard InChI is InChI=1S/C25H15Br2Cl3N2O4S/c26-16-7-13(8-17(27)23(16)36-12-14-5-6-15(28)10-19(14)30)9-21-24(34)32(25(35)37-21)11-22(33)31-20-4-2-1-3-18(20)29/h1-10H,11-12H2,(H,31,33)/b21-9+. The SMILES string of the molecule is O=C(CN1C(=O)S/C(=C/c2cc(Br)c(OCc3ccc(Cl)cc3Cl)c(Br)c2)C1=O)Nc1ccccc1Cl. The van der Waals surface area contributed by atoms with Gasteiger partial charge in [0, 0.05) is 15.6 Å². The minimum Gasteiger partial charge on any atom is -0.486 e. The number of benzene rings is 3. The zero-order valence-electron chi connectivity index (χ0n) is 18.6. The molecule has 12 heteroatoms. The Hall–Kier alpha value is -2.01. The summed E-state index contributed by atoms with van der Waals surface area (Å²) in [5, 5.41) is 3.45. The first-order valence-corrected chi connectivity index (χ1v) is 14.0. The number of hydrogen-bond acceptors (Lipinski definition) is 5. The molecule has 190 valence electrons. The highest BCUT2D eigenvalue weighted by Gasteiger charge is 2.36. The van der Waals surface area contributed by atoms with Crippen molar-refractivity contribution in [1.82, 2.24) is 4.90 Å². The fourth-order valence-electron chi connectivity index (χ4n) is 3.27. The van der Waals surface area contributed by atoms with Crippen molar-refractivity contribution in [2.24, 2.45) is 0 Å². The number of amides is 3. The van der Waals surface area contributed by atoms with Gasteiger partial charge >= 0.3 is 0 Å². The molecule has 0 aromatic heterocycles. The molecule has 0 saturated carbocycles. The molecule has 3 aromatic rings. The normalized spacial score (nSPS) is 14.4. The van der Waals surface area contributed by atoms with Crippen LogP contribution in [0.2, 0.25) is 15.1 Å². The molecule has 0 bridgehead atoms. The van der Waals surface area contributed by atoms with Gasteiger partial charge in [0.15, 0.2) is 0 Å². The van der Waals surface area contributed by atoms with Gasteiger partial charge in [-0.1, -0.05) is 53.0 Å². The predicted octanol–water partition coefficient (Wildman–Crippen LogP) is 8.43. The molecule has 1 fully saturated rings. The zero-order valence-corrected chi connectivity index (χ0v) is 24.8. The number of anilines is 1.